The Morgan fingerprint density at radius 2 is 1.95 bits per heavy atom. The van der Waals surface area contributed by atoms with Crippen molar-refractivity contribution in [3.8, 4) is 0 Å². The van der Waals surface area contributed by atoms with Crippen LogP contribution in [0.4, 0.5) is 0 Å². The smallest absolute Gasteiger partial charge is 0.0746 e. The van der Waals surface area contributed by atoms with Gasteiger partial charge in [0.25, 0.3) is 0 Å². The molecule has 3 aromatic rings. The van der Waals surface area contributed by atoms with Crippen LogP contribution in [0.3, 0.4) is 0 Å². The average molecular weight is 296 g/mol. The molecule has 1 aromatic carbocycles. The first-order valence-electron chi connectivity index (χ1n) is 7.24. The number of aromatic nitrogens is 1. The maximum atomic E-state index is 4.51. The summed E-state index contributed by atoms with van der Waals surface area (Å²) in [6.07, 6.45) is 1.86. The van der Waals surface area contributed by atoms with Crippen molar-refractivity contribution in [2.24, 2.45) is 0 Å². The number of hydrogen-bond donors (Lipinski definition) is 1. The van der Waals surface area contributed by atoms with Gasteiger partial charge in [0.05, 0.1) is 5.52 Å². The Hall–Kier alpha value is -1.71. The molecule has 0 bridgehead atoms. The number of thiophene rings is 1. The van der Waals surface area contributed by atoms with E-state index in [9.17, 15) is 0 Å². The largest absolute Gasteiger partial charge is 0.312 e. The van der Waals surface area contributed by atoms with Gasteiger partial charge in [0, 0.05) is 35.0 Å². The van der Waals surface area contributed by atoms with Crippen molar-refractivity contribution >= 4 is 22.2 Å². The van der Waals surface area contributed by atoms with E-state index in [1.807, 2.05) is 23.6 Å². The summed E-state index contributed by atoms with van der Waals surface area (Å²) in [7, 11) is 0. The number of nitrogens with zero attached hydrogens (tertiary/aromatic N) is 1. The molecule has 2 aromatic heterocycles. The Morgan fingerprint density at radius 1 is 1.10 bits per heavy atom. The number of hydrogen-bond acceptors (Lipinski definition) is 3. The van der Waals surface area contributed by atoms with E-state index in [1.54, 1.807) is 0 Å². The maximum Gasteiger partial charge on any atom is 0.0746 e. The van der Waals surface area contributed by atoms with E-state index in [0.717, 1.165) is 18.6 Å². The van der Waals surface area contributed by atoms with Gasteiger partial charge in [-0.05, 0) is 23.1 Å². The van der Waals surface area contributed by atoms with Crippen LogP contribution in [0.1, 0.15) is 24.3 Å². The van der Waals surface area contributed by atoms with Crippen LogP contribution in [0, 0.1) is 0 Å². The molecule has 0 aliphatic rings. The third-order valence-corrected chi connectivity index (χ3v) is 5.02. The Morgan fingerprint density at radius 3 is 2.76 bits per heavy atom. The second-order valence-electron chi connectivity index (χ2n) is 5.96. The lowest BCUT2D eigenvalue weighted by Gasteiger charge is -2.24. The quantitative estimate of drug-likeness (QED) is 0.756. The number of nitrogens with one attached hydrogen (secondary N) is 1. The van der Waals surface area contributed by atoms with E-state index in [1.165, 1.54) is 15.8 Å². The molecular formula is C18H20N2S. The zero-order chi connectivity index (χ0) is 14.7. The van der Waals surface area contributed by atoms with E-state index in [-0.39, 0.29) is 5.41 Å². The molecule has 3 heteroatoms. The van der Waals surface area contributed by atoms with Gasteiger partial charge in [0.2, 0.25) is 0 Å². The summed E-state index contributed by atoms with van der Waals surface area (Å²) in [5.41, 5.74) is 2.52. The van der Waals surface area contributed by atoms with Crippen LogP contribution in [0.15, 0.2) is 54.0 Å². The minimum absolute atomic E-state index is 0.159. The topological polar surface area (TPSA) is 24.9 Å². The third kappa shape index (κ3) is 3.14. The van der Waals surface area contributed by atoms with Crippen molar-refractivity contribution < 1.29 is 0 Å². The molecule has 0 saturated carbocycles. The first-order valence-corrected chi connectivity index (χ1v) is 8.12. The lowest BCUT2D eigenvalue weighted by atomic mass is 9.91. The Labute approximate surface area is 129 Å². The van der Waals surface area contributed by atoms with Gasteiger partial charge in [-0.2, -0.15) is 0 Å². The number of para-hydroxylation sites is 1. The standard InChI is InChI=1S/C18H20N2S/c1-18(2,16-9-5-11-21-16)13-19-12-15-7-3-6-14-8-4-10-20-17(14)15/h3-11,19H,12-13H2,1-2H3. The predicted molar refractivity (Wildman–Crippen MR) is 90.8 cm³/mol. The zero-order valence-electron chi connectivity index (χ0n) is 12.5. The van der Waals surface area contributed by atoms with Crippen molar-refractivity contribution in [1.29, 1.82) is 0 Å². The first-order chi connectivity index (χ1) is 10.2. The van der Waals surface area contributed by atoms with Crippen molar-refractivity contribution in [2.45, 2.75) is 25.8 Å². The van der Waals surface area contributed by atoms with Crippen molar-refractivity contribution in [3.05, 3.63) is 64.5 Å². The summed E-state index contributed by atoms with van der Waals surface area (Å²) in [6.45, 7) is 6.38. The Kier molecular flexibility index (Phi) is 4.04. The van der Waals surface area contributed by atoms with Crippen LogP contribution in [-0.4, -0.2) is 11.5 Å². The highest BCUT2D eigenvalue weighted by molar-refractivity contribution is 7.10. The molecule has 1 N–H and O–H groups in total. The van der Waals surface area contributed by atoms with Gasteiger partial charge >= 0.3 is 0 Å². The normalized spacial score (nSPS) is 11.9. The highest BCUT2D eigenvalue weighted by atomic mass is 32.1. The summed E-state index contributed by atoms with van der Waals surface area (Å²) in [4.78, 5) is 5.93. The second-order valence-corrected chi connectivity index (χ2v) is 6.90. The monoisotopic (exact) mass is 296 g/mol. The molecule has 2 nitrogen and oxygen atoms in total. The fourth-order valence-corrected chi connectivity index (χ4v) is 3.42. The molecule has 0 radical (unpaired) electrons. The van der Waals surface area contributed by atoms with E-state index < -0.39 is 0 Å². The molecule has 21 heavy (non-hydrogen) atoms. The molecule has 0 unspecified atom stereocenters. The van der Waals surface area contributed by atoms with Crippen LogP contribution >= 0.6 is 11.3 Å². The van der Waals surface area contributed by atoms with Crippen LogP contribution < -0.4 is 5.32 Å². The molecule has 3 rings (SSSR count). The molecule has 0 saturated heterocycles. The second kappa shape index (κ2) is 5.96. The van der Waals surface area contributed by atoms with Crippen molar-refractivity contribution in [2.75, 3.05) is 6.54 Å². The van der Waals surface area contributed by atoms with Crippen LogP contribution in [0.2, 0.25) is 0 Å². The minimum Gasteiger partial charge on any atom is -0.312 e. The fourth-order valence-electron chi connectivity index (χ4n) is 2.57. The summed E-state index contributed by atoms with van der Waals surface area (Å²) in [5.74, 6) is 0. The van der Waals surface area contributed by atoms with Gasteiger partial charge in [-0.25, -0.2) is 0 Å². The van der Waals surface area contributed by atoms with E-state index >= 15 is 0 Å². The maximum absolute atomic E-state index is 4.51. The van der Waals surface area contributed by atoms with Crippen LogP contribution in [0.25, 0.3) is 10.9 Å². The SMILES string of the molecule is CC(C)(CNCc1cccc2cccnc12)c1cccs1. The number of fused-ring (bicyclic) bond motifs is 1. The van der Waals surface area contributed by atoms with Crippen LogP contribution in [0.5, 0.6) is 0 Å². The summed E-state index contributed by atoms with van der Waals surface area (Å²) in [6, 6.07) is 14.8. The number of benzene rings is 1. The number of rotatable bonds is 5. The highest BCUT2D eigenvalue weighted by Gasteiger charge is 2.21. The zero-order valence-corrected chi connectivity index (χ0v) is 13.3. The summed E-state index contributed by atoms with van der Waals surface area (Å²) < 4.78 is 0. The lowest BCUT2D eigenvalue weighted by molar-refractivity contribution is 0.477. The molecule has 0 aliphatic carbocycles. The molecule has 0 fully saturated rings. The molecule has 0 amide bonds. The van der Waals surface area contributed by atoms with Gasteiger partial charge in [0.15, 0.2) is 0 Å². The van der Waals surface area contributed by atoms with E-state index in [0.29, 0.717) is 0 Å². The minimum atomic E-state index is 0.159. The van der Waals surface area contributed by atoms with Crippen molar-refractivity contribution in [1.82, 2.24) is 10.3 Å². The third-order valence-electron chi connectivity index (χ3n) is 3.79. The molecule has 0 aliphatic heterocycles. The van der Waals surface area contributed by atoms with E-state index in [4.69, 9.17) is 0 Å². The molecule has 0 spiro atoms. The van der Waals surface area contributed by atoms with Crippen LogP contribution in [-0.2, 0) is 12.0 Å². The fraction of sp³-hybridized carbons (Fsp3) is 0.278. The van der Waals surface area contributed by atoms with Crippen molar-refractivity contribution in [3.63, 3.8) is 0 Å². The van der Waals surface area contributed by atoms with Gasteiger partial charge in [0.1, 0.15) is 0 Å². The molecule has 108 valence electrons. The van der Waals surface area contributed by atoms with Gasteiger partial charge < -0.3 is 5.32 Å². The van der Waals surface area contributed by atoms with Gasteiger partial charge in [-0.3, -0.25) is 4.98 Å². The lowest BCUT2D eigenvalue weighted by Crippen LogP contribution is -2.31. The number of pyridine rings is 1. The summed E-state index contributed by atoms with van der Waals surface area (Å²) >= 11 is 1.83. The summed E-state index contributed by atoms with van der Waals surface area (Å²) in [5, 5.41) is 6.94. The molecule has 2 heterocycles. The average Bonchev–Trinajstić information content (AvgIpc) is 3.02. The predicted octanol–water partition coefficient (Wildman–Crippen LogP) is 4.36. The van der Waals surface area contributed by atoms with E-state index in [2.05, 4.69) is 65.9 Å². The Balaban J connectivity index is 1.70. The van der Waals surface area contributed by atoms with Gasteiger partial charge in [-0.1, -0.05) is 44.2 Å². The first kappa shape index (κ1) is 14.2. The molecule has 0 atom stereocenters. The van der Waals surface area contributed by atoms with Gasteiger partial charge in [-0.15, -0.1) is 11.3 Å². The molecular weight excluding hydrogens is 276 g/mol. The highest BCUT2D eigenvalue weighted by Crippen LogP contribution is 2.26. The Bertz CT molecular complexity index is 712.